The fourth-order valence-corrected chi connectivity index (χ4v) is 10.5. The van der Waals surface area contributed by atoms with Gasteiger partial charge in [0.2, 0.25) is 0 Å². The summed E-state index contributed by atoms with van der Waals surface area (Å²) in [4.78, 5) is 18.4. The second-order valence-electron chi connectivity index (χ2n) is 17.5. The molecule has 0 saturated carbocycles. The third kappa shape index (κ3) is 6.67. The molecule has 13 rings (SSSR count). The second kappa shape index (κ2) is 16.5. The summed E-state index contributed by atoms with van der Waals surface area (Å²) in [7, 11) is 0. The first-order valence-electron chi connectivity index (χ1n) is 23.3. The lowest BCUT2D eigenvalue weighted by Crippen LogP contribution is -2.29. The van der Waals surface area contributed by atoms with Crippen molar-refractivity contribution in [3.8, 4) is 73.2 Å². The number of rotatable bonds is 8. The van der Waals surface area contributed by atoms with Crippen LogP contribution in [0.4, 0.5) is 11.4 Å². The number of fused-ring (bicyclic) bond motifs is 6. The molecule has 0 radical (unpaired) electrons. The Morgan fingerprint density at radius 2 is 0.868 bits per heavy atom. The number of allylic oxidation sites excluding steroid dienone is 2. The number of hydrogen-bond donors (Lipinski definition) is 0. The average Bonchev–Trinajstić information content (AvgIpc) is 3.94. The van der Waals surface area contributed by atoms with Gasteiger partial charge in [-0.2, -0.15) is 0 Å². The zero-order valence-corrected chi connectivity index (χ0v) is 37.1. The Kier molecular flexibility index (Phi) is 9.57. The molecule has 2 aliphatic rings. The van der Waals surface area contributed by atoms with Crippen LogP contribution in [-0.2, 0) is 0 Å². The molecule has 0 spiro atoms. The van der Waals surface area contributed by atoms with Crippen molar-refractivity contribution in [1.29, 1.82) is 0 Å². The molecule has 2 aromatic heterocycles. The standard InChI is InChI=1S/C63H43N5/c1-6-22-42(23-7-1)47-38-52(43-24-8-2-9-25-43)60-53(39-47)51-34-18-21-37-56(51)68(60)58-41-48(63-65-61(45-28-12-4-13-29-45)64-62(66-63)46-30-14-5-15-31-46)40-57(59(58)44-26-10-3-11-27-44)67-54-35-19-16-32-49(54)50-33-17-20-36-55(50)67/h1-41,49,54H. The molecule has 5 heteroatoms. The predicted octanol–water partition coefficient (Wildman–Crippen LogP) is 15.7. The molecule has 5 nitrogen and oxygen atoms in total. The van der Waals surface area contributed by atoms with Crippen LogP contribution in [0.15, 0.2) is 249 Å². The molecule has 1 aliphatic heterocycles. The van der Waals surface area contributed by atoms with Crippen LogP contribution in [0.2, 0.25) is 0 Å². The van der Waals surface area contributed by atoms with Gasteiger partial charge in [0.15, 0.2) is 17.5 Å². The Morgan fingerprint density at radius 1 is 0.353 bits per heavy atom. The van der Waals surface area contributed by atoms with E-state index in [9.17, 15) is 0 Å². The van der Waals surface area contributed by atoms with E-state index in [0.29, 0.717) is 17.5 Å². The van der Waals surface area contributed by atoms with Gasteiger partial charge in [0, 0.05) is 50.2 Å². The van der Waals surface area contributed by atoms with E-state index in [0.717, 1.165) is 61.4 Å². The van der Waals surface area contributed by atoms with E-state index in [1.807, 2.05) is 36.4 Å². The minimum absolute atomic E-state index is 0.0348. The van der Waals surface area contributed by atoms with Crippen molar-refractivity contribution in [3.05, 3.63) is 254 Å². The van der Waals surface area contributed by atoms with Gasteiger partial charge in [-0.25, -0.2) is 15.0 Å². The highest BCUT2D eigenvalue weighted by Crippen LogP contribution is 2.53. The Morgan fingerprint density at radius 3 is 1.53 bits per heavy atom. The second-order valence-corrected chi connectivity index (χ2v) is 17.5. The van der Waals surface area contributed by atoms with Gasteiger partial charge in [-0.3, -0.25) is 0 Å². The molecule has 0 N–H and O–H groups in total. The van der Waals surface area contributed by atoms with Crippen LogP contribution in [0, 0.1) is 0 Å². The molecule has 1 aliphatic carbocycles. The van der Waals surface area contributed by atoms with E-state index in [1.54, 1.807) is 0 Å². The van der Waals surface area contributed by atoms with Crippen molar-refractivity contribution in [3.63, 3.8) is 0 Å². The molecule has 11 aromatic rings. The first-order chi connectivity index (χ1) is 33.7. The van der Waals surface area contributed by atoms with E-state index < -0.39 is 0 Å². The SMILES string of the molecule is C1=CC2c3ccccc3N(c3cc(-c4nc(-c5ccccc5)nc(-c5ccccc5)n4)cc(-n4c5ccccc5c5cc(-c6ccccc6)cc(-c6ccccc6)c54)c3-c3ccccc3)C2C=C1. The summed E-state index contributed by atoms with van der Waals surface area (Å²) in [6, 6.07) is 80.2. The van der Waals surface area contributed by atoms with Gasteiger partial charge in [0.25, 0.3) is 0 Å². The fourth-order valence-electron chi connectivity index (χ4n) is 10.5. The number of aromatic nitrogens is 4. The van der Waals surface area contributed by atoms with Crippen molar-refractivity contribution in [1.82, 2.24) is 19.5 Å². The van der Waals surface area contributed by atoms with Crippen LogP contribution in [0.5, 0.6) is 0 Å². The molecule has 0 bridgehead atoms. The quantitative estimate of drug-likeness (QED) is 0.153. The first kappa shape index (κ1) is 39.4. The van der Waals surface area contributed by atoms with Crippen LogP contribution < -0.4 is 4.90 Å². The number of benzene rings is 9. The van der Waals surface area contributed by atoms with E-state index >= 15 is 0 Å². The maximum Gasteiger partial charge on any atom is 0.164 e. The zero-order valence-electron chi connectivity index (χ0n) is 37.1. The maximum atomic E-state index is 5.38. The van der Waals surface area contributed by atoms with Gasteiger partial charge in [-0.15, -0.1) is 0 Å². The van der Waals surface area contributed by atoms with Gasteiger partial charge in [0.05, 0.1) is 28.5 Å². The summed E-state index contributed by atoms with van der Waals surface area (Å²) < 4.78 is 2.52. The predicted molar refractivity (Wildman–Crippen MR) is 280 cm³/mol. The minimum Gasteiger partial charge on any atom is -0.333 e. The third-order valence-electron chi connectivity index (χ3n) is 13.5. The van der Waals surface area contributed by atoms with Crippen molar-refractivity contribution >= 4 is 33.2 Å². The normalized spacial score (nSPS) is 14.9. The molecule has 2 unspecified atom stereocenters. The van der Waals surface area contributed by atoms with E-state index in [4.69, 9.17) is 15.0 Å². The van der Waals surface area contributed by atoms with Crippen LogP contribution in [-0.4, -0.2) is 25.6 Å². The molecule has 0 amide bonds. The van der Waals surface area contributed by atoms with Crippen LogP contribution in [0.1, 0.15) is 11.5 Å². The molecular formula is C63H43N5. The topological polar surface area (TPSA) is 46.8 Å². The van der Waals surface area contributed by atoms with E-state index in [2.05, 4.69) is 222 Å². The lowest BCUT2D eigenvalue weighted by Gasteiger charge is -2.32. The molecule has 0 fully saturated rings. The number of nitrogens with zero attached hydrogens (tertiary/aromatic N) is 5. The van der Waals surface area contributed by atoms with Crippen molar-refractivity contribution in [2.24, 2.45) is 0 Å². The summed E-state index contributed by atoms with van der Waals surface area (Å²) >= 11 is 0. The molecule has 0 saturated heterocycles. The highest BCUT2D eigenvalue weighted by atomic mass is 15.2. The zero-order chi connectivity index (χ0) is 45.0. The van der Waals surface area contributed by atoms with Crippen LogP contribution in [0.25, 0.3) is 95.0 Å². The average molecular weight is 870 g/mol. The van der Waals surface area contributed by atoms with Gasteiger partial charge < -0.3 is 9.47 Å². The fraction of sp³-hybridized carbons (Fsp3) is 0.0317. The molecular weight excluding hydrogens is 827 g/mol. The Bertz CT molecular complexity index is 3670. The van der Waals surface area contributed by atoms with Gasteiger partial charge in [-0.05, 0) is 64.2 Å². The van der Waals surface area contributed by atoms with E-state index in [1.165, 1.54) is 33.2 Å². The Balaban J connectivity index is 1.20. The Labute approximate surface area is 395 Å². The molecule has 320 valence electrons. The highest BCUT2D eigenvalue weighted by Gasteiger charge is 2.39. The number of hydrogen-bond acceptors (Lipinski definition) is 4. The molecule has 68 heavy (non-hydrogen) atoms. The van der Waals surface area contributed by atoms with E-state index in [-0.39, 0.29) is 12.0 Å². The largest absolute Gasteiger partial charge is 0.333 e. The van der Waals surface area contributed by atoms with Gasteiger partial charge in [-0.1, -0.05) is 212 Å². The minimum atomic E-state index is 0.0348. The molecule has 9 aromatic carbocycles. The molecule has 3 heterocycles. The van der Waals surface area contributed by atoms with Crippen LogP contribution in [0.3, 0.4) is 0 Å². The highest BCUT2D eigenvalue weighted by molar-refractivity contribution is 6.16. The number of anilines is 2. The van der Waals surface area contributed by atoms with Crippen molar-refractivity contribution in [2.75, 3.05) is 4.90 Å². The summed E-state index contributed by atoms with van der Waals surface area (Å²) in [6.07, 6.45) is 9.09. The first-order valence-corrected chi connectivity index (χ1v) is 23.3. The lowest BCUT2D eigenvalue weighted by molar-refractivity contribution is 0.745. The third-order valence-corrected chi connectivity index (χ3v) is 13.5. The van der Waals surface area contributed by atoms with Crippen molar-refractivity contribution in [2.45, 2.75) is 12.0 Å². The van der Waals surface area contributed by atoms with Crippen molar-refractivity contribution < 1.29 is 0 Å². The summed E-state index contributed by atoms with van der Waals surface area (Å²) in [5, 5.41) is 2.35. The summed E-state index contributed by atoms with van der Waals surface area (Å²) in [6.45, 7) is 0. The monoisotopic (exact) mass is 869 g/mol. The van der Waals surface area contributed by atoms with Gasteiger partial charge >= 0.3 is 0 Å². The summed E-state index contributed by atoms with van der Waals surface area (Å²) in [5.74, 6) is 2.01. The van der Waals surface area contributed by atoms with Gasteiger partial charge in [0.1, 0.15) is 0 Å². The number of para-hydroxylation sites is 2. The van der Waals surface area contributed by atoms with Crippen LogP contribution >= 0.6 is 0 Å². The molecule has 2 atom stereocenters. The smallest absolute Gasteiger partial charge is 0.164 e. The summed E-state index contributed by atoms with van der Waals surface area (Å²) in [5.41, 5.74) is 16.4. The Hall–Kier alpha value is -8.93. The lowest BCUT2D eigenvalue weighted by atomic mass is 9.91. The maximum absolute atomic E-state index is 5.38.